The van der Waals surface area contributed by atoms with Crippen LogP contribution in [0.5, 0.6) is 0 Å². The first-order valence-electron chi connectivity index (χ1n) is 7.28. The summed E-state index contributed by atoms with van der Waals surface area (Å²) in [5.74, 6) is 0. The normalized spacial score (nSPS) is 21.9. The predicted molar refractivity (Wildman–Crippen MR) is 86.6 cm³/mol. The molecule has 0 saturated carbocycles. The lowest BCUT2D eigenvalue weighted by Gasteiger charge is -2.30. The molecule has 3 heteroatoms. The number of nitrogens with two attached hydrogens (primary N) is 2. The van der Waals surface area contributed by atoms with Gasteiger partial charge in [-0.2, -0.15) is 0 Å². The van der Waals surface area contributed by atoms with Crippen molar-refractivity contribution in [1.82, 2.24) is 0 Å². The van der Waals surface area contributed by atoms with Crippen LogP contribution in [0, 0.1) is 0 Å². The minimum atomic E-state index is -0.491. The number of unbranched alkanes of at least 4 members (excludes halogenated alkanes) is 2. The van der Waals surface area contributed by atoms with Gasteiger partial charge in [-0.1, -0.05) is 55.7 Å². The molecule has 1 aliphatic rings. The van der Waals surface area contributed by atoms with Crippen molar-refractivity contribution in [2.45, 2.75) is 44.6 Å². The summed E-state index contributed by atoms with van der Waals surface area (Å²) in [6.45, 7) is 2.20. The fourth-order valence-corrected chi connectivity index (χ4v) is 2.94. The molecule has 1 aromatic rings. The van der Waals surface area contributed by atoms with Crippen molar-refractivity contribution in [3.05, 3.63) is 58.3 Å². The number of halogens is 1. The summed E-state index contributed by atoms with van der Waals surface area (Å²) < 4.78 is 0. The van der Waals surface area contributed by atoms with E-state index in [1.54, 1.807) is 0 Å². The summed E-state index contributed by atoms with van der Waals surface area (Å²) in [4.78, 5) is 0. The van der Waals surface area contributed by atoms with E-state index in [-0.39, 0.29) is 0 Å². The molecule has 0 radical (unpaired) electrons. The van der Waals surface area contributed by atoms with E-state index in [0.29, 0.717) is 0 Å². The molecule has 0 amide bonds. The molecule has 1 atom stereocenters. The van der Waals surface area contributed by atoms with Crippen molar-refractivity contribution in [2.24, 2.45) is 11.5 Å². The van der Waals surface area contributed by atoms with Crippen LogP contribution in [0.25, 0.3) is 0 Å². The smallest absolute Gasteiger partial charge is 0.0638 e. The molecule has 2 rings (SSSR count). The maximum atomic E-state index is 6.57. The van der Waals surface area contributed by atoms with Crippen LogP contribution in [0.1, 0.15) is 43.7 Å². The average Bonchev–Trinajstić information content (AvgIpc) is 2.44. The van der Waals surface area contributed by atoms with Crippen LogP contribution >= 0.6 is 11.6 Å². The van der Waals surface area contributed by atoms with Crippen LogP contribution in [-0.2, 0) is 12.0 Å². The fraction of sp³-hybridized carbons (Fsp3) is 0.412. The number of rotatable bonds is 5. The molecule has 20 heavy (non-hydrogen) atoms. The summed E-state index contributed by atoms with van der Waals surface area (Å²) >= 11 is 6.40. The molecule has 0 saturated heterocycles. The summed E-state index contributed by atoms with van der Waals surface area (Å²) in [7, 11) is 0. The maximum absolute atomic E-state index is 6.57. The quantitative estimate of drug-likeness (QED) is 0.805. The van der Waals surface area contributed by atoms with Crippen LogP contribution in [0.15, 0.2) is 42.1 Å². The summed E-state index contributed by atoms with van der Waals surface area (Å²) in [6.07, 6.45) is 11.1. The van der Waals surface area contributed by atoms with Crippen LogP contribution in [-0.4, -0.2) is 0 Å². The summed E-state index contributed by atoms with van der Waals surface area (Å²) in [5.41, 5.74) is 15.0. The van der Waals surface area contributed by atoms with Gasteiger partial charge in [-0.3, -0.25) is 0 Å². The van der Waals surface area contributed by atoms with E-state index in [4.69, 9.17) is 23.1 Å². The minimum absolute atomic E-state index is 0.491. The predicted octanol–water partition coefficient (Wildman–Crippen LogP) is 4.03. The molecule has 108 valence electrons. The molecule has 1 aromatic carbocycles. The van der Waals surface area contributed by atoms with Gasteiger partial charge in [-0.05, 0) is 42.5 Å². The molecule has 1 unspecified atom stereocenters. The molecule has 0 bridgehead atoms. The monoisotopic (exact) mass is 290 g/mol. The van der Waals surface area contributed by atoms with Gasteiger partial charge in [0.05, 0.1) is 5.54 Å². The van der Waals surface area contributed by atoms with E-state index in [9.17, 15) is 0 Å². The van der Waals surface area contributed by atoms with Crippen LogP contribution in [0.3, 0.4) is 0 Å². The Morgan fingerprint density at radius 3 is 2.75 bits per heavy atom. The number of hydrogen-bond donors (Lipinski definition) is 2. The molecule has 0 aromatic heterocycles. The Kier molecular flexibility index (Phi) is 4.90. The highest BCUT2D eigenvalue weighted by atomic mass is 35.5. The molecule has 0 spiro atoms. The maximum Gasteiger partial charge on any atom is 0.0638 e. The largest absolute Gasteiger partial charge is 0.399 e. The zero-order valence-electron chi connectivity index (χ0n) is 12.0. The molecular weight excluding hydrogens is 268 g/mol. The third kappa shape index (κ3) is 3.25. The highest BCUT2D eigenvalue weighted by Gasteiger charge is 2.28. The Morgan fingerprint density at radius 1 is 1.30 bits per heavy atom. The van der Waals surface area contributed by atoms with Crippen molar-refractivity contribution >= 4 is 11.6 Å². The van der Waals surface area contributed by atoms with Gasteiger partial charge in [0.25, 0.3) is 0 Å². The Balaban J connectivity index is 2.31. The Labute approximate surface area is 126 Å². The van der Waals surface area contributed by atoms with E-state index in [1.165, 1.54) is 18.4 Å². The van der Waals surface area contributed by atoms with Crippen molar-refractivity contribution in [3.8, 4) is 0 Å². The van der Waals surface area contributed by atoms with Gasteiger partial charge in [0, 0.05) is 10.7 Å². The second-order valence-corrected chi connectivity index (χ2v) is 5.91. The lowest BCUT2D eigenvalue weighted by molar-refractivity contribution is 0.552. The van der Waals surface area contributed by atoms with E-state index in [1.807, 2.05) is 30.4 Å². The van der Waals surface area contributed by atoms with E-state index < -0.39 is 5.54 Å². The van der Waals surface area contributed by atoms with Crippen LogP contribution < -0.4 is 11.5 Å². The first-order chi connectivity index (χ1) is 9.57. The molecule has 2 nitrogen and oxygen atoms in total. The van der Waals surface area contributed by atoms with Crippen molar-refractivity contribution in [2.75, 3.05) is 0 Å². The van der Waals surface area contributed by atoms with Gasteiger partial charge in [-0.15, -0.1) is 0 Å². The number of hydrogen-bond acceptors (Lipinski definition) is 2. The lowest BCUT2D eigenvalue weighted by Crippen LogP contribution is -2.36. The molecule has 4 N–H and O–H groups in total. The molecule has 1 aliphatic carbocycles. The first-order valence-corrected chi connectivity index (χ1v) is 7.66. The summed E-state index contributed by atoms with van der Waals surface area (Å²) in [5, 5.41) is 0.819. The summed E-state index contributed by atoms with van der Waals surface area (Å²) in [6, 6.07) is 6.02. The number of allylic oxidation sites excluding steroid dienone is 1. The zero-order chi connectivity index (χ0) is 14.6. The molecular formula is C17H23ClN2. The van der Waals surface area contributed by atoms with Crippen molar-refractivity contribution in [1.29, 1.82) is 0 Å². The third-order valence-corrected chi connectivity index (χ3v) is 4.25. The first kappa shape index (κ1) is 15.1. The Morgan fingerprint density at radius 2 is 2.10 bits per heavy atom. The van der Waals surface area contributed by atoms with Gasteiger partial charge in [0.15, 0.2) is 0 Å². The van der Waals surface area contributed by atoms with Crippen LogP contribution in [0.2, 0.25) is 5.02 Å². The van der Waals surface area contributed by atoms with E-state index in [2.05, 4.69) is 13.0 Å². The number of benzene rings is 1. The molecule has 0 fully saturated rings. The molecule has 0 heterocycles. The Bertz CT molecular complexity index is 534. The second kappa shape index (κ2) is 6.47. The second-order valence-electron chi connectivity index (χ2n) is 5.51. The minimum Gasteiger partial charge on any atom is -0.399 e. The standard InChI is InChI=1S/C17H23ClN2/c1-2-3-4-6-14-15(7-5-8-16(14)18)17(20)11-9-13(19)10-12-17/h5,7-11H,2-4,6,12,19-20H2,1H3. The van der Waals surface area contributed by atoms with Crippen LogP contribution in [0.4, 0.5) is 0 Å². The highest BCUT2D eigenvalue weighted by molar-refractivity contribution is 6.31. The van der Waals surface area contributed by atoms with Gasteiger partial charge < -0.3 is 11.5 Å². The molecule has 0 aliphatic heterocycles. The third-order valence-electron chi connectivity index (χ3n) is 3.90. The zero-order valence-corrected chi connectivity index (χ0v) is 12.8. The van der Waals surface area contributed by atoms with Gasteiger partial charge in [-0.25, -0.2) is 0 Å². The van der Waals surface area contributed by atoms with Gasteiger partial charge >= 0.3 is 0 Å². The van der Waals surface area contributed by atoms with Crippen molar-refractivity contribution < 1.29 is 0 Å². The fourth-order valence-electron chi connectivity index (χ4n) is 2.67. The highest BCUT2D eigenvalue weighted by Crippen LogP contribution is 2.34. The van der Waals surface area contributed by atoms with E-state index >= 15 is 0 Å². The SMILES string of the molecule is CCCCCc1c(Cl)cccc1C1(N)C=CC(N)=CC1. The van der Waals surface area contributed by atoms with Crippen molar-refractivity contribution in [3.63, 3.8) is 0 Å². The van der Waals surface area contributed by atoms with Gasteiger partial charge in [0.2, 0.25) is 0 Å². The average molecular weight is 291 g/mol. The van der Waals surface area contributed by atoms with Gasteiger partial charge in [0.1, 0.15) is 0 Å². The van der Waals surface area contributed by atoms with E-state index in [0.717, 1.165) is 35.5 Å². The lowest BCUT2D eigenvalue weighted by atomic mass is 9.80. The Hall–Kier alpha value is -1.25. The topological polar surface area (TPSA) is 52.0 Å².